The first kappa shape index (κ1) is 25.9. The predicted octanol–water partition coefficient (Wildman–Crippen LogP) is 5.31. The summed E-state index contributed by atoms with van der Waals surface area (Å²) in [6.07, 6.45) is 9.82. The van der Waals surface area contributed by atoms with Gasteiger partial charge in [-0.05, 0) is 64.0 Å². The number of ether oxygens (including phenoxy) is 1. The van der Waals surface area contributed by atoms with Gasteiger partial charge >= 0.3 is 5.97 Å². The van der Waals surface area contributed by atoms with Crippen LogP contribution >= 0.6 is 0 Å². The molecule has 8 heteroatoms. The minimum atomic E-state index is -0.924. The van der Waals surface area contributed by atoms with E-state index in [9.17, 15) is 9.90 Å². The number of carbonyl (C=O) groups is 1. The van der Waals surface area contributed by atoms with Crippen LogP contribution in [0.4, 0.5) is 10.2 Å². The largest absolute Gasteiger partial charge is 0.496 e. The Morgan fingerprint density at radius 3 is 2.92 bits per heavy atom. The van der Waals surface area contributed by atoms with Gasteiger partial charge in [-0.1, -0.05) is 18.9 Å². The number of aromatic nitrogens is 2. The topological polar surface area (TPSA) is 87.6 Å². The van der Waals surface area contributed by atoms with Crippen LogP contribution in [0.15, 0.2) is 24.4 Å². The molecule has 2 aromatic heterocycles. The highest BCUT2D eigenvalue weighted by Crippen LogP contribution is 2.41. The SMILES string of the molecule is COc1cc(CCCC[C@@H](F)[C@@H]2CCN([C@@H](C(=O)O)c3cccnc3C3CCC3)C2)nc2c1CCCN2. The van der Waals surface area contributed by atoms with Gasteiger partial charge in [-0.2, -0.15) is 0 Å². The van der Waals surface area contributed by atoms with Crippen molar-refractivity contribution in [3.63, 3.8) is 0 Å². The monoisotopic (exact) mass is 510 g/mol. The number of alkyl halides is 1. The number of aryl methyl sites for hydroxylation is 1. The molecule has 200 valence electrons. The van der Waals surface area contributed by atoms with Crippen molar-refractivity contribution in [1.82, 2.24) is 14.9 Å². The number of hydrogen-bond donors (Lipinski definition) is 2. The number of pyridine rings is 2. The molecule has 37 heavy (non-hydrogen) atoms. The van der Waals surface area contributed by atoms with E-state index >= 15 is 4.39 Å². The molecule has 3 aliphatic rings. The van der Waals surface area contributed by atoms with Gasteiger partial charge in [0.15, 0.2) is 0 Å². The van der Waals surface area contributed by atoms with Crippen LogP contribution < -0.4 is 10.1 Å². The summed E-state index contributed by atoms with van der Waals surface area (Å²) in [6.45, 7) is 2.01. The molecular formula is C29H39FN4O3. The molecule has 2 aliphatic heterocycles. The van der Waals surface area contributed by atoms with Crippen molar-refractivity contribution < 1.29 is 19.0 Å². The number of hydrogen-bond acceptors (Lipinski definition) is 6. The molecule has 7 nitrogen and oxygen atoms in total. The van der Waals surface area contributed by atoms with Gasteiger partial charge in [0.05, 0.1) is 7.11 Å². The first-order valence-corrected chi connectivity index (χ1v) is 13.9. The van der Waals surface area contributed by atoms with Crippen molar-refractivity contribution in [2.24, 2.45) is 5.92 Å². The summed E-state index contributed by atoms with van der Waals surface area (Å²) in [5.74, 6) is 1.18. The molecule has 1 saturated carbocycles. The number of methoxy groups -OCH3 is 1. The summed E-state index contributed by atoms with van der Waals surface area (Å²) >= 11 is 0. The Kier molecular flexibility index (Phi) is 8.23. The lowest BCUT2D eigenvalue weighted by atomic mass is 9.80. The van der Waals surface area contributed by atoms with Gasteiger partial charge in [-0.3, -0.25) is 14.7 Å². The van der Waals surface area contributed by atoms with Crippen LogP contribution in [0.3, 0.4) is 0 Å². The fourth-order valence-corrected chi connectivity index (χ4v) is 6.16. The number of likely N-dealkylation sites (tertiary alicyclic amines) is 1. The Hall–Kier alpha value is -2.74. The van der Waals surface area contributed by atoms with E-state index in [4.69, 9.17) is 9.72 Å². The average Bonchev–Trinajstić information content (AvgIpc) is 3.35. The quantitative estimate of drug-likeness (QED) is 0.396. The number of unbranched alkanes of at least 4 members (excludes halogenated alkanes) is 1. The number of aliphatic carboxylic acids is 1. The molecule has 4 heterocycles. The summed E-state index contributed by atoms with van der Waals surface area (Å²) < 4.78 is 20.8. The summed E-state index contributed by atoms with van der Waals surface area (Å²) in [6, 6.07) is 5.00. The molecule has 2 aromatic rings. The van der Waals surface area contributed by atoms with E-state index in [-0.39, 0.29) is 5.92 Å². The minimum absolute atomic E-state index is 0.128. The smallest absolute Gasteiger partial charge is 0.325 e. The molecule has 0 spiro atoms. The van der Waals surface area contributed by atoms with Crippen molar-refractivity contribution in [1.29, 1.82) is 0 Å². The van der Waals surface area contributed by atoms with Gasteiger partial charge in [0.1, 0.15) is 23.8 Å². The Balaban J connectivity index is 1.14. The van der Waals surface area contributed by atoms with E-state index in [1.807, 2.05) is 23.1 Å². The van der Waals surface area contributed by atoms with E-state index in [0.717, 1.165) is 85.6 Å². The van der Waals surface area contributed by atoms with Crippen LogP contribution in [-0.2, 0) is 17.6 Å². The highest BCUT2D eigenvalue weighted by atomic mass is 19.1. The summed E-state index contributed by atoms with van der Waals surface area (Å²) in [4.78, 5) is 23.6. The number of rotatable bonds is 11. The fraction of sp³-hybridized carbons (Fsp3) is 0.621. The Morgan fingerprint density at radius 1 is 1.30 bits per heavy atom. The van der Waals surface area contributed by atoms with E-state index in [1.165, 1.54) is 6.42 Å². The van der Waals surface area contributed by atoms with Gasteiger partial charge in [-0.15, -0.1) is 0 Å². The van der Waals surface area contributed by atoms with Gasteiger partial charge in [-0.25, -0.2) is 9.37 Å². The molecule has 2 fully saturated rings. The fourth-order valence-electron chi connectivity index (χ4n) is 6.16. The number of nitrogens with zero attached hydrogens (tertiary/aromatic N) is 3. The number of carboxylic acids is 1. The van der Waals surface area contributed by atoms with E-state index in [0.29, 0.717) is 31.8 Å². The maximum Gasteiger partial charge on any atom is 0.325 e. The Bertz CT molecular complexity index is 1080. The van der Waals surface area contributed by atoms with E-state index in [1.54, 1.807) is 13.3 Å². The third-order valence-corrected chi connectivity index (χ3v) is 8.44. The molecule has 0 bridgehead atoms. The van der Waals surface area contributed by atoms with Crippen LogP contribution in [0, 0.1) is 5.92 Å². The summed E-state index contributed by atoms with van der Waals surface area (Å²) in [5, 5.41) is 13.5. The zero-order valence-electron chi connectivity index (χ0n) is 21.8. The Morgan fingerprint density at radius 2 is 2.16 bits per heavy atom. The lowest BCUT2D eigenvalue weighted by Crippen LogP contribution is -2.34. The van der Waals surface area contributed by atoms with Crippen molar-refractivity contribution in [3.8, 4) is 5.75 Å². The second kappa shape index (κ2) is 11.8. The Labute approximate surface area is 218 Å². The number of halogens is 1. The number of carboxylic acid groups (broad SMARTS) is 1. The van der Waals surface area contributed by atoms with Crippen LogP contribution in [-0.4, -0.2) is 58.9 Å². The van der Waals surface area contributed by atoms with Gasteiger partial charge in [0.2, 0.25) is 0 Å². The number of fused-ring (bicyclic) bond motifs is 1. The number of anilines is 1. The van der Waals surface area contributed by atoms with Crippen molar-refractivity contribution >= 4 is 11.8 Å². The number of nitrogens with one attached hydrogen (secondary N) is 1. The molecular weight excluding hydrogens is 471 g/mol. The first-order valence-electron chi connectivity index (χ1n) is 13.9. The molecule has 0 radical (unpaired) electrons. The zero-order valence-corrected chi connectivity index (χ0v) is 21.8. The van der Waals surface area contributed by atoms with Gasteiger partial charge in [0.25, 0.3) is 0 Å². The molecule has 1 saturated heterocycles. The third kappa shape index (κ3) is 5.74. The standard InChI is InChI=1S/C29H39FN4O3/c1-37-25-17-21(33-28-22(25)10-5-15-32-28)9-2-3-12-24(30)20-13-16-34(18-20)27(29(35)36)23-11-6-14-31-26(23)19-7-4-8-19/h6,11,14,17,19-20,24,27H,2-5,7-10,12-13,15-16,18H2,1H3,(H,32,33)(H,35,36)/t20-,24-,27-/m1/s1. The van der Waals surface area contributed by atoms with Gasteiger partial charge < -0.3 is 15.2 Å². The third-order valence-electron chi connectivity index (χ3n) is 8.44. The highest BCUT2D eigenvalue weighted by Gasteiger charge is 2.39. The van der Waals surface area contributed by atoms with E-state index in [2.05, 4.69) is 10.3 Å². The van der Waals surface area contributed by atoms with Crippen LogP contribution in [0.5, 0.6) is 5.75 Å². The zero-order chi connectivity index (χ0) is 25.8. The average molecular weight is 511 g/mol. The van der Waals surface area contributed by atoms with Crippen molar-refractivity contribution in [2.75, 3.05) is 32.1 Å². The van der Waals surface area contributed by atoms with Crippen molar-refractivity contribution in [2.45, 2.75) is 82.3 Å². The van der Waals surface area contributed by atoms with Crippen LogP contribution in [0.2, 0.25) is 0 Å². The maximum absolute atomic E-state index is 15.3. The first-order chi connectivity index (χ1) is 18.0. The molecule has 0 unspecified atom stereocenters. The minimum Gasteiger partial charge on any atom is -0.496 e. The lowest BCUT2D eigenvalue weighted by molar-refractivity contribution is -0.143. The molecule has 0 aromatic carbocycles. The highest BCUT2D eigenvalue weighted by molar-refractivity contribution is 5.76. The van der Waals surface area contributed by atoms with Crippen molar-refractivity contribution in [3.05, 3.63) is 46.9 Å². The van der Waals surface area contributed by atoms with E-state index < -0.39 is 18.2 Å². The second-order valence-electron chi connectivity index (χ2n) is 10.8. The maximum atomic E-state index is 15.3. The summed E-state index contributed by atoms with van der Waals surface area (Å²) in [7, 11) is 1.70. The molecule has 2 N–H and O–H groups in total. The predicted molar refractivity (Wildman–Crippen MR) is 141 cm³/mol. The van der Waals surface area contributed by atoms with Crippen LogP contribution in [0.1, 0.15) is 85.8 Å². The normalized spacial score (nSPS) is 21.5. The summed E-state index contributed by atoms with van der Waals surface area (Å²) in [5.41, 5.74) is 3.84. The second-order valence-corrected chi connectivity index (χ2v) is 10.8. The molecule has 0 amide bonds. The van der Waals surface area contributed by atoms with Crippen LogP contribution in [0.25, 0.3) is 0 Å². The lowest BCUT2D eigenvalue weighted by Gasteiger charge is -2.31. The molecule has 5 rings (SSSR count). The van der Waals surface area contributed by atoms with Gasteiger partial charge in [0, 0.05) is 59.7 Å². The molecule has 3 atom stereocenters. The molecule has 1 aliphatic carbocycles.